The van der Waals surface area contributed by atoms with Gasteiger partial charge in [-0.1, -0.05) is 42.5 Å². The van der Waals surface area contributed by atoms with Crippen LogP contribution in [0.4, 0.5) is 0 Å². The lowest BCUT2D eigenvalue weighted by Crippen LogP contribution is -2.36. The number of aromatic nitrogens is 1. The Hall–Kier alpha value is -3.35. The van der Waals surface area contributed by atoms with Crippen molar-refractivity contribution in [1.82, 2.24) is 9.88 Å². The topological polar surface area (TPSA) is 90.5 Å². The maximum Gasteiger partial charge on any atom is 0.420 e. The highest BCUT2D eigenvalue weighted by Crippen LogP contribution is 2.47. The Bertz CT molecular complexity index is 1100. The highest BCUT2D eigenvalue weighted by Gasteiger charge is 2.44. The maximum absolute atomic E-state index is 12.4. The van der Waals surface area contributed by atoms with Crippen LogP contribution < -0.4 is 11.1 Å². The van der Waals surface area contributed by atoms with Gasteiger partial charge in [0.2, 0.25) is 0 Å². The van der Waals surface area contributed by atoms with Gasteiger partial charge in [0.25, 0.3) is 5.91 Å². The second-order valence-corrected chi connectivity index (χ2v) is 7.41. The van der Waals surface area contributed by atoms with Crippen molar-refractivity contribution in [3.05, 3.63) is 70.7 Å². The number of para-hydroxylation sites is 2. The lowest BCUT2D eigenvalue weighted by Gasteiger charge is -2.17. The molecule has 1 aromatic heterocycles. The summed E-state index contributed by atoms with van der Waals surface area (Å²) in [6, 6.07) is 16.0. The molecule has 7 nitrogen and oxygen atoms in total. The summed E-state index contributed by atoms with van der Waals surface area (Å²) in [5.41, 5.74) is 2.09. The Morgan fingerprint density at radius 1 is 1.14 bits per heavy atom. The Kier molecular flexibility index (Phi) is 4.96. The minimum absolute atomic E-state index is 0.0166. The largest absolute Gasteiger partial charge is 0.454 e. The van der Waals surface area contributed by atoms with Crippen LogP contribution in [-0.2, 0) is 19.7 Å². The first kappa shape index (κ1) is 19.0. The molecule has 1 unspecified atom stereocenters. The summed E-state index contributed by atoms with van der Waals surface area (Å²) >= 11 is 0. The van der Waals surface area contributed by atoms with Gasteiger partial charge in [-0.15, -0.1) is 0 Å². The summed E-state index contributed by atoms with van der Waals surface area (Å²) in [6.45, 7) is 1.66. The van der Waals surface area contributed by atoms with E-state index in [4.69, 9.17) is 9.15 Å². The van der Waals surface area contributed by atoms with Crippen molar-refractivity contribution < 1.29 is 18.7 Å². The van der Waals surface area contributed by atoms with Crippen molar-refractivity contribution in [3.8, 4) is 0 Å². The van der Waals surface area contributed by atoms with Gasteiger partial charge in [-0.05, 0) is 37.5 Å². The van der Waals surface area contributed by atoms with E-state index in [0.717, 1.165) is 12.8 Å². The van der Waals surface area contributed by atoms with E-state index in [1.807, 2.05) is 18.2 Å². The zero-order valence-electron chi connectivity index (χ0n) is 16.1. The average Bonchev–Trinajstić information content (AvgIpc) is 3.46. The molecule has 1 heterocycles. The number of nitrogens with one attached hydrogen (secondary N) is 1. The van der Waals surface area contributed by atoms with E-state index in [0.29, 0.717) is 17.6 Å². The smallest absolute Gasteiger partial charge is 0.420 e. The van der Waals surface area contributed by atoms with Gasteiger partial charge in [-0.25, -0.2) is 9.59 Å². The Balaban J connectivity index is 1.33. The highest BCUT2D eigenvalue weighted by atomic mass is 16.5. The van der Waals surface area contributed by atoms with Gasteiger partial charge in [0.15, 0.2) is 12.2 Å². The third kappa shape index (κ3) is 3.81. The van der Waals surface area contributed by atoms with E-state index in [9.17, 15) is 14.4 Å². The Morgan fingerprint density at radius 3 is 2.55 bits per heavy atom. The van der Waals surface area contributed by atoms with Gasteiger partial charge >= 0.3 is 11.7 Å². The van der Waals surface area contributed by atoms with Crippen LogP contribution in [0.3, 0.4) is 0 Å². The summed E-state index contributed by atoms with van der Waals surface area (Å²) in [7, 11) is 0. The number of ether oxygens (including phenoxy) is 1. The first-order valence-corrected chi connectivity index (χ1v) is 9.59. The molecule has 1 aliphatic carbocycles. The maximum atomic E-state index is 12.4. The van der Waals surface area contributed by atoms with Crippen LogP contribution in [0, 0.1) is 0 Å². The van der Waals surface area contributed by atoms with Crippen molar-refractivity contribution in [2.45, 2.75) is 31.2 Å². The van der Waals surface area contributed by atoms with E-state index >= 15 is 0 Å². The highest BCUT2D eigenvalue weighted by molar-refractivity contribution is 5.83. The monoisotopic (exact) mass is 394 g/mol. The molecule has 29 heavy (non-hydrogen) atoms. The Labute approximate surface area is 167 Å². The van der Waals surface area contributed by atoms with Crippen LogP contribution in [0.1, 0.15) is 31.4 Å². The predicted octanol–water partition coefficient (Wildman–Crippen LogP) is 2.55. The molecule has 150 valence electrons. The Morgan fingerprint density at radius 2 is 1.83 bits per heavy atom. The van der Waals surface area contributed by atoms with Crippen LogP contribution in [0.15, 0.2) is 63.8 Å². The second-order valence-electron chi connectivity index (χ2n) is 7.41. The zero-order chi connectivity index (χ0) is 20.4. The van der Waals surface area contributed by atoms with Gasteiger partial charge in [-0.2, -0.15) is 0 Å². The standard InChI is InChI=1S/C22H22N2O5/c1-15(24-17-9-5-6-10-18(17)29-21(24)27)20(26)28-13-19(25)23-14-22(11-12-22)16-7-3-2-4-8-16/h2-10,15H,11-14H2,1H3,(H,23,25). The van der Waals surface area contributed by atoms with Crippen molar-refractivity contribution in [2.75, 3.05) is 13.2 Å². The van der Waals surface area contributed by atoms with E-state index < -0.39 is 24.4 Å². The molecule has 0 radical (unpaired) electrons. The molecule has 2 aromatic carbocycles. The number of benzene rings is 2. The number of nitrogens with zero attached hydrogens (tertiary/aromatic N) is 1. The van der Waals surface area contributed by atoms with Gasteiger partial charge < -0.3 is 14.5 Å². The fourth-order valence-electron chi connectivity index (χ4n) is 3.54. The molecular formula is C22H22N2O5. The minimum atomic E-state index is -0.905. The normalized spacial score (nSPS) is 15.6. The van der Waals surface area contributed by atoms with Gasteiger partial charge in [0.05, 0.1) is 5.52 Å². The summed E-state index contributed by atoms with van der Waals surface area (Å²) in [4.78, 5) is 36.6. The lowest BCUT2D eigenvalue weighted by molar-refractivity contribution is -0.151. The summed E-state index contributed by atoms with van der Waals surface area (Å²) in [5, 5.41) is 2.85. The number of carbonyl (C=O) groups excluding carboxylic acids is 2. The zero-order valence-corrected chi connectivity index (χ0v) is 16.1. The molecule has 0 bridgehead atoms. The van der Waals surface area contributed by atoms with Crippen LogP contribution >= 0.6 is 0 Å². The minimum Gasteiger partial charge on any atom is -0.454 e. The van der Waals surface area contributed by atoms with Crippen LogP contribution in [0.25, 0.3) is 11.1 Å². The molecule has 1 amide bonds. The fourth-order valence-corrected chi connectivity index (χ4v) is 3.54. The first-order valence-electron chi connectivity index (χ1n) is 9.59. The summed E-state index contributed by atoms with van der Waals surface area (Å²) in [5.74, 6) is -1.67. The fraction of sp³-hybridized carbons (Fsp3) is 0.318. The van der Waals surface area contributed by atoms with E-state index in [1.165, 1.54) is 17.1 Å². The van der Waals surface area contributed by atoms with Crippen LogP contribution in [0.2, 0.25) is 0 Å². The number of amides is 1. The molecule has 1 fully saturated rings. The molecule has 0 spiro atoms. The van der Waals surface area contributed by atoms with Crippen molar-refractivity contribution >= 4 is 23.0 Å². The lowest BCUT2D eigenvalue weighted by atomic mass is 9.96. The molecule has 4 rings (SSSR count). The third-order valence-electron chi connectivity index (χ3n) is 5.46. The number of rotatable bonds is 7. The van der Waals surface area contributed by atoms with Gasteiger partial charge in [0, 0.05) is 12.0 Å². The molecule has 0 aliphatic heterocycles. The van der Waals surface area contributed by atoms with Gasteiger partial charge in [0.1, 0.15) is 6.04 Å². The van der Waals surface area contributed by atoms with Crippen molar-refractivity contribution in [1.29, 1.82) is 0 Å². The predicted molar refractivity (Wildman–Crippen MR) is 107 cm³/mol. The number of carbonyl (C=O) groups is 2. The van der Waals surface area contributed by atoms with Crippen molar-refractivity contribution in [2.24, 2.45) is 0 Å². The van der Waals surface area contributed by atoms with E-state index in [1.54, 1.807) is 24.3 Å². The van der Waals surface area contributed by atoms with E-state index in [-0.39, 0.29) is 11.3 Å². The van der Waals surface area contributed by atoms with Crippen molar-refractivity contribution in [3.63, 3.8) is 0 Å². The molecule has 1 aliphatic rings. The van der Waals surface area contributed by atoms with E-state index in [2.05, 4.69) is 17.4 Å². The van der Waals surface area contributed by atoms with Crippen LogP contribution in [0.5, 0.6) is 0 Å². The number of hydrogen-bond donors (Lipinski definition) is 1. The third-order valence-corrected chi connectivity index (χ3v) is 5.46. The van der Waals surface area contributed by atoms with Gasteiger partial charge in [-0.3, -0.25) is 9.36 Å². The summed E-state index contributed by atoms with van der Waals surface area (Å²) in [6.07, 6.45) is 2.04. The number of hydrogen-bond acceptors (Lipinski definition) is 5. The molecule has 1 saturated carbocycles. The quantitative estimate of drug-likeness (QED) is 0.622. The molecule has 1 atom stereocenters. The molecule has 7 heteroatoms. The number of esters is 1. The van der Waals surface area contributed by atoms with Crippen LogP contribution in [-0.4, -0.2) is 29.6 Å². The number of oxazole rings is 1. The molecular weight excluding hydrogens is 372 g/mol. The summed E-state index contributed by atoms with van der Waals surface area (Å²) < 4.78 is 11.5. The molecule has 1 N–H and O–H groups in total. The second kappa shape index (κ2) is 7.58. The molecule has 3 aromatic rings. The molecule has 0 saturated heterocycles. The SMILES string of the molecule is CC(C(=O)OCC(=O)NCC1(c2ccccc2)CC1)n1c(=O)oc2ccccc21. The number of fused-ring (bicyclic) bond motifs is 1. The first-order chi connectivity index (χ1) is 14.0. The average molecular weight is 394 g/mol.